The maximum Gasteiger partial charge on any atom is 0.267 e. The quantitative estimate of drug-likeness (QED) is 0.715. The van der Waals surface area contributed by atoms with Gasteiger partial charge in [0.2, 0.25) is 0 Å². The van der Waals surface area contributed by atoms with Gasteiger partial charge >= 0.3 is 0 Å². The third-order valence-electron chi connectivity index (χ3n) is 3.50. The topological polar surface area (TPSA) is 39.1 Å². The molecule has 2 aromatic carbocycles. The fraction of sp³-hybridized carbons (Fsp3) is 0.0588. The van der Waals surface area contributed by atoms with Gasteiger partial charge in [-0.3, -0.25) is 0 Å². The highest BCUT2D eigenvalue weighted by atomic mass is 35.5. The molecule has 0 bridgehead atoms. The van der Waals surface area contributed by atoms with Crippen molar-refractivity contribution in [3.63, 3.8) is 0 Å². The summed E-state index contributed by atoms with van der Waals surface area (Å²) >= 11 is 6.03. The highest BCUT2D eigenvalue weighted by Crippen LogP contribution is 2.28. The second-order valence-electron chi connectivity index (χ2n) is 5.01. The Balaban J connectivity index is 2.06. The van der Waals surface area contributed by atoms with Crippen molar-refractivity contribution in [1.29, 1.82) is 0 Å². The fourth-order valence-corrected chi connectivity index (χ4v) is 3.70. The molecule has 0 atom stereocenters. The Labute approximate surface area is 134 Å². The minimum atomic E-state index is -3.57. The number of aryl methyl sites for hydroxylation is 1. The zero-order valence-electron chi connectivity index (χ0n) is 11.9. The van der Waals surface area contributed by atoms with Crippen LogP contribution in [0.4, 0.5) is 0 Å². The average Bonchev–Trinajstić information content (AvgIpc) is 3.01. The zero-order valence-corrected chi connectivity index (χ0v) is 13.5. The first-order valence-corrected chi connectivity index (χ1v) is 8.55. The summed E-state index contributed by atoms with van der Waals surface area (Å²) in [7, 11) is -3.57. The molecule has 112 valence electrons. The van der Waals surface area contributed by atoms with Crippen LogP contribution in [0, 0.1) is 6.92 Å². The molecule has 0 fully saturated rings. The van der Waals surface area contributed by atoms with Crippen molar-refractivity contribution in [3.05, 3.63) is 77.6 Å². The van der Waals surface area contributed by atoms with E-state index in [0.717, 1.165) is 16.7 Å². The van der Waals surface area contributed by atoms with Gasteiger partial charge in [0.05, 0.1) is 4.90 Å². The third-order valence-corrected chi connectivity index (χ3v) is 5.38. The number of nitrogens with zero attached hydrogens (tertiary/aromatic N) is 1. The van der Waals surface area contributed by atoms with E-state index in [9.17, 15) is 8.42 Å². The summed E-state index contributed by atoms with van der Waals surface area (Å²) in [6, 6.07) is 15.7. The first kappa shape index (κ1) is 14.9. The van der Waals surface area contributed by atoms with E-state index in [1.165, 1.54) is 3.97 Å². The molecule has 5 heteroatoms. The number of halogens is 1. The van der Waals surface area contributed by atoms with Crippen LogP contribution in [-0.4, -0.2) is 12.4 Å². The van der Waals surface area contributed by atoms with E-state index in [1.54, 1.807) is 48.8 Å². The smallest absolute Gasteiger partial charge is 0.248 e. The van der Waals surface area contributed by atoms with Gasteiger partial charge in [-0.05, 0) is 48.4 Å². The Morgan fingerprint density at radius 2 is 1.73 bits per heavy atom. The van der Waals surface area contributed by atoms with Crippen LogP contribution in [0.2, 0.25) is 5.02 Å². The normalized spacial score (nSPS) is 11.5. The highest BCUT2D eigenvalue weighted by molar-refractivity contribution is 7.90. The number of aromatic nitrogens is 1. The number of benzene rings is 2. The van der Waals surface area contributed by atoms with Gasteiger partial charge in [0.15, 0.2) is 0 Å². The van der Waals surface area contributed by atoms with Crippen LogP contribution in [0.25, 0.3) is 11.1 Å². The van der Waals surface area contributed by atoms with E-state index in [1.807, 2.05) is 25.1 Å². The molecule has 0 radical (unpaired) electrons. The van der Waals surface area contributed by atoms with Gasteiger partial charge in [-0.1, -0.05) is 35.9 Å². The van der Waals surface area contributed by atoms with Gasteiger partial charge in [-0.25, -0.2) is 12.4 Å². The van der Waals surface area contributed by atoms with Crippen LogP contribution in [0.15, 0.2) is 71.9 Å². The van der Waals surface area contributed by atoms with Crippen molar-refractivity contribution < 1.29 is 8.42 Å². The Bertz CT molecular complexity index is 915. The monoisotopic (exact) mass is 331 g/mol. The number of hydrogen-bond donors (Lipinski definition) is 0. The summed E-state index contributed by atoms with van der Waals surface area (Å²) in [6.07, 6.45) is 3.17. The lowest BCUT2D eigenvalue weighted by molar-refractivity contribution is 0.587. The molecule has 1 aromatic heterocycles. The molecule has 0 saturated heterocycles. The summed E-state index contributed by atoms with van der Waals surface area (Å²) in [5, 5.41) is 0.624. The molecule has 0 unspecified atom stereocenters. The maximum atomic E-state index is 12.6. The minimum absolute atomic E-state index is 0.264. The van der Waals surface area contributed by atoms with E-state index in [-0.39, 0.29) is 4.90 Å². The van der Waals surface area contributed by atoms with Crippen LogP contribution in [-0.2, 0) is 10.0 Å². The van der Waals surface area contributed by atoms with E-state index >= 15 is 0 Å². The minimum Gasteiger partial charge on any atom is -0.248 e. The predicted molar refractivity (Wildman–Crippen MR) is 88.6 cm³/mol. The van der Waals surface area contributed by atoms with Crippen molar-refractivity contribution >= 4 is 21.6 Å². The Morgan fingerprint density at radius 1 is 1.00 bits per heavy atom. The van der Waals surface area contributed by atoms with Crippen molar-refractivity contribution in [2.45, 2.75) is 11.8 Å². The van der Waals surface area contributed by atoms with Crippen LogP contribution in [0.5, 0.6) is 0 Å². The van der Waals surface area contributed by atoms with Gasteiger partial charge in [-0.15, -0.1) is 0 Å². The van der Waals surface area contributed by atoms with Gasteiger partial charge < -0.3 is 0 Å². The Hall–Kier alpha value is -2.04. The summed E-state index contributed by atoms with van der Waals surface area (Å²) in [5.41, 5.74) is 2.79. The van der Waals surface area contributed by atoms with Gasteiger partial charge in [0.1, 0.15) is 0 Å². The lowest BCUT2D eigenvalue weighted by Crippen LogP contribution is -2.10. The molecule has 0 saturated carbocycles. The highest BCUT2D eigenvalue weighted by Gasteiger charge is 2.16. The van der Waals surface area contributed by atoms with E-state index in [4.69, 9.17) is 11.6 Å². The molecule has 1 heterocycles. The summed E-state index contributed by atoms with van der Waals surface area (Å²) in [6.45, 7) is 1.97. The van der Waals surface area contributed by atoms with Crippen molar-refractivity contribution in [1.82, 2.24) is 3.97 Å². The molecule has 0 aliphatic rings. The van der Waals surface area contributed by atoms with E-state index < -0.39 is 10.0 Å². The number of rotatable bonds is 3. The molecule has 0 N–H and O–H groups in total. The van der Waals surface area contributed by atoms with Crippen LogP contribution in [0.3, 0.4) is 0 Å². The largest absolute Gasteiger partial charge is 0.267 e. The molecule has 0 amide bonds. The molecule has 0 aliphatic carbocycles. The zero-order chi connectivity index (χ0) is 15.7. The van der Waals surface area contributed by atoms with Crippen molar-refractivity contribution in [3.8, 4) is 11.1 Å². The first-order valence-electron chi connectivity index (χ1n) is 6.73. The molecule has 0 spiro atoms. The van der Waals surface area contributed by atoms with Crippen LogP contribution in [0.1, 0.15) is 5.56 Å². The van der Waals surface area contributed by atoms with Crippen LogP contribution >= 0.6 is 11.6 Å². The average molecular weight is 332 g/mol. The second-order valence-corrected chi connectivity index (χ2v) is 7.29. The summed E-state index contributed by atoms with van der Waals surface area (Å²) in [4.78, 5) is 0.264. The van der Waals surface area contributed by atoms with Gasteiger partial charge in [0.25, 0.3) is 10.0 Å². The molecular weight excluding hydrogens is 318 g/mol. The molecule has 3 aromatic rings. The molecule has 22 heavy (non-hydrogen) atoms. The van der Waals surface area contributed by atoms with E-state index in [0.29, 0.717) is 5.02 Å². The second kappa shape index (κ2) is 5.63. The first-order chi connectivity index (χ1) is 10.5. The van der Waals surface area contributed by atoms with Crippen molar-refractivity contribution in [2.24, 2.45) is 0 Å². The summed E-state index contributed by atoms with van der Waals surface area (Å²) < 4.78 is 26.4. The fourth-order valence-electron chi connectivity index (χ4n) is 2.31. The van der Waals surface area contributed by atoms with Gasteiger partial charge in [-0.2, -0.15) is 0 Å². The maximum absolute atomic E-state index is 12.6. The lowest BCUT2D eigenvalue weighted by atomic mass is 10.0. The SMILES string of the molecule is Cc1ccc(Cl)cc1-c1ccn(S(=O)(=O)c2ccccc2)c1. The predicted octanol–water partition coefficient (Wildman–Crippen LogP) is 4.35. The molecule has 3 rings (SSSR count). The Kier molecular flexibility index (Phi) is 3.81. The molecule has 3 nitrogen and oxygen atoms in total. The molecule has 0 aliphatic heterocycles. The lowest BCUT2D eigenvalue weighted by Gasteiger charge is -2.06. The number of hydrogen-bond acceptors (Lipinski definition) is 2. The standard InChI is InChI=1S/C17H14ClNO2S/c1-13-7-8-15(18)11-17(13)14-9-10-19(12-14)22(20,21)16-5-3-2-4-6-16/h2-12H,1H3. The Morgan fingerprint density at radius 3 is 2.45 bits per heavy atom. The van der Waals surface area contributed by atoms with Crippen molar-refractivity contribution in [2.75, 3.05) is 0 Å². The molecular formula is C17H14ClNO2S. The van der Waals surface area contributed by atoms with Gasteiger partial charge in [0, 0.05) is 23.0 Å². The van der Waals surface area contributed by atoms with E-state index in [2.05, 4.69) is 0 Å². The summed E-state index contributed by atoms with van der Waals surface area (Å²) in [5.74, 6) is 0. The van der Waals surface area contributed by atoms with Crippen LogP contribution < -0.4 is 0 Å². The third kappa shape index (κ3) is 2.67.